The van der Waals surface area contributed by atoms with Gasteiger partial charge in [-0.15, -0.1) is 0 Å². The van der Waals surface area contributed by atoms with Crippen molar-refractivity contribution in [2.24, 2.45) is 0 Å². The molecular weight excluding hydrogens is 420 g/mol. The Balaban J connectivity index is 2.94. The minimum absolute atomic E-state index is 0.0523. The Hall–Kier alpha value is -2.85. The van der Waals surface area contributed by atoms with Gasteiger partial charge in [-0.05, 0) is 40.0 Å². The molecule has 0 aliphatic carbocycles. The van der Waals surface area contributed by atoms with Crippen LogP contribution in [0.5, 0.6) is 0 Å². The van der Waals surface area contributed by atoms with Crippen LogP contribution in [0.15, 0.2) is 0 Å². The van der Waals surface area contributed by atoms with Crippen LogP contribution >= 0.6 is 0 Å². The van der Waals surface area contributed by atoms with E-state index in [2.05, 4.69) is 16.0 Å². The van der Waals surface area contributed by atoms with Crippen molar-refractivity contribution in [2.45, 2.75) is 77.0 Å². The van der Waals surface area contributed by atoms with E-state index in [4.69, 9.17) is 9.47 Å². The Morgan fingerprint density at radius 2 is 1.75 bits per heavy atom. The number of likely N-dealkylation sites (N-methyl/N-ethyl adjacent to an activating group) is 1. The fraction of sp³-hybridized carbons (Fsp3) is 0.762. The summed E-state index contributed by atoms with van der Waals surface area (Å²) in [5.41, 5.74) is -0.724. The molecular formula is C21H36N4O7. The molecule has 1 aliphatic heterocycles. The predicted molar refractivity (Wildman–Crippen MR) is 115 cm³/mol. The molecule has 0 bridgehead atoms. The summed E-state index contributed by atoms with van der Waals surface area (Å²) in [5, 5.41) is 7.87. The second kappa shape index (κ2) is 12.9. The van der Waals surface area contributed by atoms with Crippen molar-refractivity contribution in [1.29, 1.82) is 0 Å². The van der Waals surface area contributed by atoms with E-state index < -0.39 is 41.6 Å². The third kappa shape index (κ3) is 10.5. The van der Waals surface area contributed by atoms with Gasteiger partial charge in [0.05, 0.1) is 13.7 Å². The lowest BCUT2D eigenvalue weighted by atomic mass is 10.1. The number of amides is 4. The number of rotatable bonds is 2. The molecule has 0 aromatic carbocycles. The number of methoxy groups -OCH3 is 1. The summed E-state index contributed by atoms with van der Waals surface area (Å²) in [7, 11) is 2.63. The van der Waals surface area contributed by atoms with Crippen molar-refractivity contribution >= 4 is 29.8 Å². The molecule has 2 atom stereocenters. The van der Waals surface area contributed by atoms with Gasteiger partial charge in [-0.3, -0.25) is 14.4 Å². The van der Waals surface area contributed by atoms with Gasteiger partial charge < -0.3 is 30.3 Å². The highest BCUT2D eigenvalue weighted by molar-refractivity contribution is 5.91. The minimum Gasteiger partial charge on any atom is -0.467 e. The van der Waals surface area contributed by atoms with Crippen LogP contribution in [0.4, 0.5) is 4.79 Å². The van der Waals surface area contributed by atoms with E-state index in [0.29, 0.717) is 25.8 Å². The van der Waals surface area contributed by atoms with Gasteiger partial charge in [0.15, 0.2) is 0 Å². The van der Waals surface area contributed by atoms with E-state index in [1.54, 1.807) is 20.8 Å². The Kier molecular flexibility index (Phi) is 10.9. The van der Waals surface area contributed by atoms with Gasteiger partial charge in [0, 0.05) is 20.0 Å². The summed E-state index contributed by atoms with van der Waals surface area (Å²) in [6.07, 6.45) is 1.82. The van der Waals surface area contributed by atoms with Crippen molar-refractivity contribution in [3.63, 3.8) is 0 Å². The molecule has 1 heterocycles. The molecule has 0 radical (unpaired) electrons. The quantitative estimate of drug-likeness (QED) is 0.512. The molecule has 0 aromatic rings. The SMILES string of the molecule is COC(=O)[C@@H]1CCC(=O)NCCCCC[C@H](NC(=O)OC(C)(C)C)C(=O)N(C)CC(=O)N1. The summed E-state index contributed by atoms with van der Waals surface area (Å²) in [4.78, 5) is 62.7. The predicted octanol–water partition coefficient (Wildman–Crippen LogP) is 0.466. The molecule has 11 nitrogen and oxygen atoms in total. The van der Waals surface area contributed by atoms with Gasteiger partial charge in [-0.25, -0.2) is 9.59 Å². The van der Waals surface area contributed by atoms with E-state index >= 15 is 0 Å². The van der Waals surface area contributed by atoms with Crippen LogP contribution in [-0.4, -0.2) is 79.6 Å². The van der Waals surface area contributed by atoms with E-state index in [-0.39, 0.29) is 25.3 Å². The molecule has 1 aliphatic rings. The molecule has 0 aromatic heterocycles. The minimum atomic E-state index is -1.01. The summed E-state index contributed by atoms with van der Waals surface area (Å²) >= 11 is 0. The molecule has 182 valence electrons. The number of hydrogen-bond acceptors (Lipinski definition) is 7. The summed E-state index contributed by atoms with van der Waals surface area (Å²) in [6.45, 7) is 5.28. The number of carbonyl (C=O) groups excluding carboxylic acids is 5. The van der Waals surface area contributed by atoms with Crippen LogP contribution in [0.25, 0.3) is 0 Å². The molecule has 11 heteroatoms. The van der Waals surface area contributed by atoms with E-state index in [1.165, 1.54) is 19.1 Å². The van der Waals surface area contributed by atoms with Crippen molar-refractivity contribution in [1.82, 2.24) is 20.9 Å². The molecule has 1 rings (SSSR count). The zero-order valence-electron chi connectivity index (χ0n) is 19.6. The van der Waals surface area contributed by atoms with E-state index in [1.807, 2.05) is 0 Å². The number of carbonyl (C=O) groups is 5. The lowest BCUT2D eigenvalue weighted by molar-refractivity contribution is -0.145. The fourth-order valence-corrected chi connectivity index (χ4v) is 3.14. The average molecular weight is 457 g/mol. The maximum atomic E-state index is 12.9. The third-order valence-corrected chi connectivity index (χ3v) is 4.72. The number of alkyl carbamates (subject to hydrolysis) is 1. The standard InChI is InChI=1S/C21H36N4O7/c1-21(2,3)32-20(30)24-14-9-7-6-8-12-22-16(26)11-10-15(19(29)31-5)23-17(27)13-25(4)18(14)28/h14-15H,6-13H2,1-5H3,(H,22,26)(H,23,27)(H,24,30)/t14-,15-/m0/s1. The van der Waals surface area contributed by atoms with Gasteiger partial charge >= 0.3 is 12.1 Å². The van der Waals surface area contributed by atoms with Crippen LogP contribution in [0, 0.1) is 0 Å². The highest BCUT2D eigenvalue weighted by atomic mass is 16.6. The van der Waals surface area contributed by atoms with E-state index in [9.17, 15) is 24.0 Å². The first-order valence-electron chi connectivity index (χ1n) is 10.8. The highest BCUT2D eigenvalue weighted by Crippen LogP contribution is 2.11. The lowest BCUT2D eigenvalue weighted by Gasteiger charge is -2.27. The molecule has 0 unspecified atom stereocenters. The largest absolute Gasteiger partial charge is 0.467 e. The Bertz CT molecular complexity index is 690. The molecule has 32 heavy (non-hydrogen) atoms. The number of esters is 1. The van der Waals surface area contributed by atoms with Crippen LogP contribution in [0.1, 0.15) is 59.3 Å². The van der Waals surface area contributed by atoms with Crippen LogP contribution < -0.4 is 16.0 Å². The number of nitrogens with one attached hydrogen (secondary N) is 3. The molecule has 1 fully saturated rings. The zero-order valence-corrected chi connectivity index (χ0v) is 19.6. The highest BCUT2D eigenvalue weighted by Gasteiger charge is 2.29. The topological polar surface area (TPSA) is 143 Å². The maximum absolute atomic E-state index is 12.9. The summed E-state index contributed by atoms with van der Waals surface area (Å²) in [6, 6.07) is -1.88. The monoisotopic (exact) mass is 456 g/mol. The fourth-order valence-electron chi connectivity index (χ4n) is 3.14. The van der Waals surface area contributed by atoms with E-state index in [0.717, 1.165) is 6.42 Å². The first-order valence-corrected chi connectivity index (χ1v) is 10.8. The average Bonchev–Trinajstić information content (AvgIpc) is 2.69. The first-order chi connectivity index (χ1) is 14.9. The van der Waals surface area contributed by atoms with Gasteiger partial charge in [0.2, 0.25) is 17.7 Å². The van der Waals surface area contributed by atoms with Crippen molar-refractivity contribution < 1.29 is 33.4 Å². The van der Waals surface area contributed by atoms with Gasteiger partial charge in [-0.2, -0.15) is 0 Å². The zero-order chi connectivity index (χ0) is 24.3. The summed E-state index contributed by atoms with van der Waals surface area (Å²) < 4.78 is 9.95. The van der Waals surface area contributed by atoms with Gasteiger partial charge in [0.25, 0.3) is 0 Å². The summed E-state index contributed by atoms with van der Waals surface area (Å²) in [5.74, 6) is -1.93. The maximum Gasteiger partial charge on any atom is 0.408 e. The second-order valence-electron chi connectivity index (χ2n) is 8.77. The Labute approximate surface area is 188 Å². The first kappa shape index (κ1) is 27.2. The van der Waals surface area contributed by atoms with Crippen molar-refractivity contribution in [3.05, 3.63) is 0 Å². The normalized spacial score (nSPS) is 22.4. The van der Waals surface area contributed by atoms with Gasteiger partial charge in [0.1, 0.15) is 17.7 Å². The van der Waals surface area contributed by atoms with Crippen LogP contribution in [-0.2, 0) is 28.7 Å². The molecule has 0 spiro atoms. The number of ether oxygens (including phenoxy) is 2. The molecule has 1 saturated heterocycles. The molecule has 3 N–H and O–H groups in total. The van der Waals surface area contributed by atoms with Crippen LogP contribution in [0.2, 0.25) is 0 Å². The van der Waals surface area contributed by atoms with Crippen molar-refractivity contribution in [2.75, 3.05) is 27.2 Å². The van der Waals surface area contributed by atoms with Crippen molar-refractivity contribution in [3.8, 4) is 0 Å². The van der Waals surface area contributed by atoms with Crippen LogP contribution in [0.3, 0.4) is 0 Å². The molecule has 0 saturated carbocycles. The second-order valence-corrected chi connectivity index (χ2v) is 8.77. The van der Waals surface area contributed by atoms with Gasteiger partial charge in [-0.1, -0.05) is 12.8 Å². The smallest absolute Gasteiger partial charge is 0.408 e. The number of hydrogen-bond donors (Lipinski definition) is 3. The molecule has 4 amide bonds. The third-order valence-electron chi connectivity index (χ3n) is 4.72. The lowest BCUT2D eigenvalue weighted by Crippen LogP contribution is -2.52. The Morgan fingerprint density at radius 3 is 2.38 bits per heavy atom. The number of nitrogens with zero attached hydrogens (tertiary/aromatic N) is 1. The Morgan fingerprint density at radius 1 is 1.06 bits per heavy atom.